The van der Waals surface area contributed by atoms with E-state index in [0.29, 0.717) is 6.29 Å². The molecule has 8 heavy (non-hydrogen) atoms. The Balaban J connectivity index is -0.000000125. The van der Waals surface area contributed by atoms with Crippen molar-refractivity contribution in [2.24, 2.45) is 0 Å². The van der Waals surface area contributed by atoms with Gasteiger partial charge in [-0.3, -0.25) is 0 Å². The van der Waals surface area contributed by atoms with Crippen LogP contribution in [0.15, 0.2) is 0 Å². The second-order valence-corrected chi connectivity index (χ2v) is 1.07. The Labute approximate surface area is 80.1 Å². The van der Waals surface area contributed by atoms with Gasteiger partial charge in [0.1, 0.15) is 0 Å². The van der Waals surface area contributed by atoms with Crippen LogP contribution in [-0.4, -0.2) is 17.5 Å². The monoisotopic (exact) mass is 361 g/mol. The minimum atomic E-state index is -0.595. The van der Waals surface area contributed by atoms with Crippen LogP contribution >= 0.6 is 0 Å². The summed E-state index contributed by atoms with van der Waals surface area (Å²) in [5, 5.41) is 8.27. The van der Waals surface area contributed by atoms with Crippen LogP contribution in [0.1, 0.15) is 6.92 Å². The third kappa shape index (κ3) is 15.8. The molecule has 0 aliphatic rings. The molecule has 0 saturated heterocycles. The predicted molar refractivity (Wildman–Crippen MR) is 22.0 cm³/mol. The van der Waals surface area contributed by atoms with E-state index in [9.17, 15) is 4.79 Å². The standard InChI is InChI=1S/C4H7O2.Nb.Ta/c1-4(6)2-3-5;;/h2-4,6H,1H3;;/q-1;;. The van der Waals surface area contributed by atoms with Crippen molar-refractivity contribution in [2.45, 2.75) is 13.0 Å². The summed E-state index contributed by atoms with van der Waals surface area (Å²) in [7, 11) is 0. The predicted octanol–water partition coefficient (Wildman–Crippen LogP) is -0.235. The molecule has 0 rings (SSSR count). The molecule has 1 atom stereocenters. The summed E-state index contributed by atoms with van der Waals surface area (Å²) in [6, 6.07) is 0. The minimum absolute atomic E-state index is 0. The summed E-state index contributed by atoms with van der Waals surface area (Å²) in [6.45, 7) is 1.52. The molecule has 0 heterocycles. The first-order valence-corrected chi connectivity index (χ1v) is 1.74. The Morgan fingerprint density at radius 3 is 2.12 bits per heavy atom. The molecule has 0 aliphatic heterocycles. The largest absolute Gasteiger partial charge is 0.422 e. The topological polar surface area (TPSA) is 37.3 Å². The Morgan fingerprint density at radius 1 is 1.75 bits per heavy atom. The van der Waals surface area contributed by atoms with Crippen LogP contribution in [0.2, 0.25) is 0 Å². The van der Waals surface area contributed by atoms with Gasteiger partial charge in [-0.2, -0.15) is 0 Å². The number of aliphatic hydroxyl groups is 1. The fourth-order valence-electron chi connectivity index (χ4n) is 0.114. The van der Waals surface area contributed by atoms with Crippen LogP contribution in [-0.2, 0) is 49.6 Å². The van der Waals surface area contributed by atoms with Crippen molar-refractivity contribution in [3.63, 3.8) is 0 Å². The maximum Gasteiger partial charge on any atom is 0 e. The molecule has 0 aromatic carbocycles. The zero-order valence-electron chi connectivity index (χ0n) is 4.48. The van der Waals surface area contributed by atoms with Crippen molar-refractivity contribution in [2.75, 3.05) is 0 Å². The summed E-state index contributed by atoms with van der Waals surface area (Å²) in [5.74, 6) is 0. The van der Waals surface area contributed by atoms with Gasteiger partial charge in [0.2, 0.25) is 0 Å². The van der Waals surface area contributed by atoms with Crippen molar-refractivity contribution >= 4 is 6.29 Å². The molecule has 46 valence electrons. The van der Waals surface area contributed by atoms with E-state index in [1.54, 1.807) is 0 Å². The zero-order chi connectivity index (χ0) is 4.99. The number of carbonyl (C=O) groups excluding carboxylic acids is 1. The maximum atomic E-state index is 9.40. The van der Waals surface area contributed by atoms with E-state index in [1.165, 1.54) is 13.3 Å². The van der Waals surface area contributed by atoms with Crippen LogP contribution in [0, 0.1) is 6.42 Å². The molecule has 0 spiro atoms. The van der Waals surface area contributed by atoms with Gasteiger partial charge in [-0.1, -0.05) is 13.0 Å². The SMILES string of the molecule is CC(O)[CH-]C=O.[Nb].[Ta]. The second-order valence-electron chi connectivity index (χ2n) is 1.07. The first-order valence-electron chi connectivity index (χ1n) is 1.74. The molecule has 0 aromatic heterocycles. The van der Waals surface area contributed by atoms with Gasteiger partial charge >= 0.3 is 0 Å². The van der Waals surface area contributed by atoms with E-state index in [2.05, 4.69) is 0 Å². The third-order valence-electron chi connectivity index (χ3n) is 0.357. The van der Waals surface area contributed by atoms with E-state index in [-0.39, 0.29) is 44.8 Å². The molecule has 0 aliphatic carbocycles. The van der Waals surface area contributed by atoms with E-state index >= 15 is 0 Å². The number of carbonyl (C=O) groups is 1. The molecule has 0 amide bonds. The number of hydrogen-bond donors (Lipinski definition) is 1. The summed E-state index contributed by atoms with van der Waals surface area (Å²) in [5.41, 5.74) is 0. The van der Waals surface area contributed by atoms with Crippen LogP contribution < -0.4 is 0 Å². The fraction of sp³-hybridized carbons (Fsp3) is 0.500. The number of rotatable bonds is 2. The molecule has 0 aromatic rings. The van der Waals surface area contributed by atoms with Gasteiger partial charge in [0.05, 0.1) is 0 Å². The molecule has 0 saturated carbocycles. The Hall–Kier alpha value is 0.981. The van der Waals surface area contributed by atoms with Gasteiger partial charge in [-0.25, -0.2) is 0 Å². The molecule has 0 bridgehead atoms. The van der Waals surface area contributed by atoms with Gasteiger partial charge < -0.3 is 16.3 Å². The minimum Gasteiger partial charge on any atom is -0.422 e. The van der Waals surface area contributed by atoms with Crippen molar-refractivity contribution in [3.05, 3.63) is 6.42 Å². The Morgan fingerprint density at radius 2 is 2.12 bits per heavy atom. The Kier molecular flexibility index (Phi) is 21.7. The molecule has 4 heteroatoms. The number of hydrogen-bond acceptors (Lipinski definition) is 2. The van der Waals surface area contributed by atoms with Crippen LogP contribution in [0.3, 0.4) is 0 Å². The molecule has 1 N–H and O–H groups in total. The zero-order valence-corrected chi connectivity index (χ0v) is 9.89. The molecular weight excluding hydrogens is 354 g/mol. The summed E-state index contributed by atoms with van der Waals surface area (Å²) in [6.07, 6.45) is 1.15. The average molecular weight is 361 g/mol. The molecular formula is C4H7NbO2Ta-. The quantitative estimate of drug-likeness (QED) is 0.419. The average Bonchev–Trinajstić information content (AvgIpc) is 1.35. The van der Waals surface area contributed by atoms with Crippen LogP contribution in [0.25, 0.3) is 0 Å². The first-order chi connectivity index (χ1) is 2.77. The Bertz CT molecular complexity index is 49.3. The van der Waals surface area contributed by atoms with Crippen molar-refractivity contribution < 1.29 is 54.7 Å². The molecule has 2 nitrogen and oxygen atoms in total. The van der Waals surface area contributed by atoms with Crippen LogP contribution in [0.4, 0.5) is 0 Å². The van der Waals surface area contributed by atoms with Gasteiger partial charge in [0, 0.05) is 44.8 Å². The van der Waals surface area contributed by atoms with Crippen molar-refractivity contribution in [1.29, 1.82) is 0 Å². The van der Waals surface area contributed by atoms with Gasteiger partial charge in [0.25, 0.3) is 0 Å². The van der Waals surface area contributed by atoms with Crippen LogP contribution in [0.5, 0.6) is 0 Å². The first kappa shape index (κ1) is 16.0. The van der Waals surface area contributed by atoms with E-state index < -0.39 is 6.10 Å². The third-order valence-corrected chi connectivity index (χ3v) is 0.357. The van der Waals surface area contributed by atoms with Gasteiger partial charge in [-0.15, -0.1) is 0 Å². The van der Waals surface area contributed by atoms with Gasteiger partial charge in [-0.05, 0) is 6.29 Å². The maximum absolute atomic E-state index is 9.40. The molecule has 0 fully saturated rings. The molecule has 2 radical (unpaired) electrons. The van der Waals surface area contributed by atoms with Crippen molar-refractivity contribution in [1.82, 2.24) is 0 Å². The molecule has 1 unspecified atom stereocenters. The second kappa shape index (κ2) is 10.9. The van der Waals surface area contributed by atoms with E-state index in [4.69, 9.17) is 5.11 Å². The fourth-order valence-corrected chi connectivity index (χ4v) is 0.114. The summed E-state index contributed by atoms with van der Waals surface area (Å²) < 4.78 is 0. The van der Waals surface area contributed by atoms with E-state index in [0.717, 1.165) is 0 Å². The van der Waals surface area contributed by atoms with Gasteiger partial charge in [0.15, 0.2) is 0 Å². The number of aliphatic hydroxyl groups excluding tert-OH is 1. The normalized spacial score (nSPS) is 9.75. The smallest absolute Gasteiger partial charge is 0 e. The van der Waals surface area contributed by atoms with Crippen molar-refractivity contribution in [3.8, 4) is 0 Å². The summed E-state index contributed by atoms with van der Waals surface area (Å²) in [4.78, 5) is 9.40. The van der Waals surface area contributed by atoms with E-state index in [1.807, 2.05) is 0 Å². The summed E-state index contributed by atoms with van der Waals surface area (Å²) >= 11 is 0. The number of aldehydes is 1.